The summed E-state index contributed by atoms with van der Waals surface area (Å²) in [7, 11) is 1.19. The van der Waals surface area contributed by atoms with Crippen LogP contribution >= 0.6 is 0 Å². The van der Waals surface area contributed by atoms with Crippen LogP contribution in [0.25, 0.3) is 10.8 Å². The fourth-order valence-electron chi connectivity index (χ4n) is 9.92. The van der Waals surface area contributed by atoms with Crippen LogP contribution in [0.3, 0.4) is 0 Å². The van der Waals surface area contributed by atoms with Crippen molar-refractivity contribution >= 4 is 22.3 Å². The third kappa shape index (κ3) is 10.3. The van der Waals surface area contributed by atoms with Gasteiger partial charge in [0.05, 0.1) is 65.4 Å². The lowest BCUT2D eigenvalue weighted by Gasteiger charge is -2.45. The Hall–Kier alpha value is -3.20. The summed E-state index contributed by atoms with van der Waals surface area (Å²) in [6, 6.07) is 3.04. The Balaban J connectivity index is 1.18. The van der Waals surface area contributed by atoms with Crippen LogP contribution in [0.2, 0.25) is 0 Å². The number of aliphatic hydroxyl groups is 8. The number of aliphatic hydroxyl groups excluding tert-OH is 7. The molecule has 4 heterocycles. The van der Waals surface area contributed by atoms with Crippen LogP contribution in [0.5, 0.6) is 17.2 Å². The van der Waals surface area contributed by atoms with Crippen molar-refractivity contribution in [3.8, 4) is 17.2 Å². The van der Waals surface area contributed by atoms with Crippen molar-refractivity contribution in [2.24, 2.45) is 5.92 Å². The number of carbonyl (C=O) groups excluding carboxylic acids is 2. The summed E-state index contributed by atoms with van der Waals surface area (Å²) in [5, 5.41) is 108. The first-order valence-corrected chi connectivity index (χ1v) is 22.8. The minimum absolute atomic E-state index is 0.0243. The molecule has 1 aliphatic carbocycles. The summed E-state index contributed by atoms with van der Waals surface area (Å²) < 4.78 is 53.9. The van der Waals surface area contributed by atoms with Crippen LogP contribution in [0.1, 0.15) is 88.7 Å². The van der Waals surface area contributed by atoms with Gasteiger partial charge >= 0.3 is 0 Å². The van der Waals surface area contributed by atoms with Crippen molar-refractivity contribution in [2.45, 2.75) is 203 Å². The third-order valence-electron chi connectivity index (χ3n) is 13.9. The molecule has 376 valence electrons. The van der Waals surface area contributed by atoms with Crippen LogP contribution < -0.4 is 4.74 Å². The molecule has 2 aromatic rings. The minimum atomic E-state index is -1.92. The van der Waals surface area contributed by atoms with E-state index in [1.807, 2.05) is 0 Å². The third-order valence-corrected chi connectivity index (χ3v) is 13.9. The van der Waals surface area contributed by atoms with Gasteiger partial charge < -0.3 is 93.7 Å². The highest BCUT2D eigenvalue weighted by atomic mass is 16.7. The Morgan fingerprint density at radius 1 is 0.776 bits per heavy atom. The number of ether oxygens (including phenoxy) is 9. The number of fused-ring (bicyclic) bond motifs is 2. The van der Waals surface area contributed by atoms with Gasteiger partial charge in [0.25, 0.3) is 0 Å². The summed E-state index contributed by atoms with van der Waals surface area (Å²) >= 11 is 0. The summed E-state index contributed by atoms with van der Waals surface area (Å²) in [5.41, 5.74) is -1.46. The summed E-state index contributed by atoms with van der Waals surface area (Å²) in [6.45, 7) is 10.5. The Morgan fingerprint density at radius 3 is 1.91 bits per heavy atom. The van der Waals surface area contributed by atoms with Crippen molar-refractivity contribution in [1.29, 1.82) is 0 Å². The lowest BCUT2D eigenvalue weighted by Crippen LogP contribution is -2.58. The largest absolute Gasteiger partial charge is 0.507 e. The molecule has 0 radical (unpaired) electrons. The number of phenolic OH excluding ortho intramolecular Hbond substituents is 2. The predicted octanol–water partition coefficient (Wildman–Crippen LogP) is -0.130. The summed E-state index contributed by atoms with van der Waals surface area (Å²) in [5.74, 6) is -3.96. The summed E-state index contributed by atoms with van der Waals surface area (Å²) in [4.78, 5) is 28.6. The standard InChI is InChI=1S/C46H66O21/c1-16-26(64-30-13-27(38(52)19(4)61-30)65-29-12-25(48)37(51)18(3)60-29)11-23-9-22-10-24(43(59-8)42(56)36(50)17(2)47)44(41(55)34(22)40(54)33(23)35(16)49)67-31-14-28(39(53)20(5)62-31)66-32-15-46(7,58)45(57)21(6)63-32/h9,11,17-21,24-25,27-32,36-39,43-45,47-54,57-58H,10,12-15H2,1-8H3/t17-,18?,19?,20?,21?,24+,25?,27?,28-,29+,30+,31+,32+,36+,37-,38-,39-,43+,44+,45-,46+/m1/s1. The van der Waals surface area contributed by atoms with Gasteiger partial charge in [-0.15, -0.1) is 0 Å². The molecule has 67 heavy (non-hydrogen) atoms. The molecule has 6 unspecified atom stereocenters. The van der Waals surface area contributed by atoms with E-state index >= 15 is 0 Å². The molecule has 7 rings (SSSR count). The molecule has 10 N–H and O–H groups in total. The summed E-state index contributed by atoms with van der Waals surface area (Å²) in [6.07, 6.45) is -22.6. The minimum Gasteiger partial charge on any atom is -0.507 e. The number of aromatic hydroxyl groups is 2. The molecular formula is C46H66O21. The van der Waals surface area contributed by atoms with Gasteiger partial charge in [-0.05, 0) is 78.0 Å². The molecule has 21 atom stereocenters. The van der Waals surface area contributed by atoms with E-state index in [1.54, 1.807) is 27.7 Å². The number of benzene rings is 2. The van der Waals surface area contributed by atoms with E-state index in [-0.39, 0.29) is 65.3 Å². The average Bonchev–Trinajstić information content (AvgIpc) is 3.25. The molecule has 0 spiro atoms. The monoisotopic (exact) mass is 954 g/mol. The lowest BCUT2D eigenvalue weighted by molar-refractivity contribution is -0.320. The van der Waals surface area contributed by atoms with Gasteiger partial charge in [-0.1, -0.05) is 0 Å². The van der Waals surface area contributed by atoms with Crippen molar-refractivity contribution in [3.63, 3.8) is 0 Å². The zero-order valence-corrected chi connectivity index (χ0v) is 38.7. The van der Waals surface area contributed by atoms with Crippen LogP contribution in [-0.2, 0) is 49.1 Å². The van der Waals surface area contributed by atoms with E-state index < -0.39 is 151 Å². The highest BCUT2D eigenvalue weighted by molar-refractivity contribution is 6.11. The fourth-order valence-corrected chi connectivity index (χ4v) is 9.92. The molecule has 0 saturated carbocycles. The first kappa shape index (κ1) is 51.6. The normalized spacial score (nSPS) is 40.8. The second-order valence-corrected chi connectivity index (χ2v) is 19.0. The fraction of sp³-hybridized carbons (Fsp3) is 0.739. The molecule has 4 saturated heterocycles. The van der Waals surface area contributed by atoms with Crippen molar-refractivity contribution in [3.05, 3.63) is 28.8 Å². The van der Waals surface area contributed by atoms with Crippen LogP contribution in [-0.4, -0.2) is 192 Å². The molecule has 0 aromatic heterocycles. The van der Waals surface area contributed by atoms with Gasteiger partial charge in [0.1, 0.15) is 60.0 Å². The van der Waals surface area contributed by atoms with Crippen LogP contribution in [0.15, 0.2) is 12.1 Å². The number of hydrogen-bond donors (Lipinski definition) is 10. The second-order valence-electron chi connectivity index (χ2n) is 19.0. The van der Waals surface area contributed by atoms with Gasteiger partial charge in [0.2, 0.25) is 6.29 Å². The maximum absolute atomic E-state index is 14.8. The Labute approximate surface area is 387 Å². The van der Waals surface area contributed by atoms with Crippen molar-refractivity contribution < 1.29 is 103 Å². The molecule has 2 aromatic carbocycles. The Morgan fingerprint density at radius 2 is 1.33 bits per heavy atom. The smallest absolute Gasteiger partial charge is 0.202 e. The molecule has 0 bridgehead atoms. The number of hydrogen-bond acceptors (Lipinski definition) is 21. The highest BCUT2D eigenvalue weighted by Gasteiger charge is 2.51. The molecule has 21 heteroatoms. The van der Waals surface area contributed by atoms with E-state index in [4.69, 9.17) is 42.6 Å². The molecule has 21 nitrogen and oxygen atoms in total. The molecule has 4 aliphatic heterocycles. The van der Waals surface area contributed by atoms with E-state index in [1.165, 1.54) is 40.0 Å². The Bertz CT molecular complexity index is 2090. The van der Waals surface area contributed by atoms with Gasteiger partial charge in [-0.3, -0.25) is 9.59 Å². The first-order chi connectivity index (χ1) is 31.4. The number of carbonyl (C=O) groups is 2. The zero-order chi connectivity index (χ0) is 49.1. The Kier molecular flexibility index (Phi) is 15.6. The van der Waals surface area contributed by atoms with Crippen LogP contribution in [0.4, 0.5) is 0 Å². The van der Waals surface area contributed by atoms with E-state index in [0.717, 1.165) is 0 Å². The quantitative estimate of drug-likeness (QED) is 0.125. The number of rotatable bonds is 13. The predicted molar refractivity (Wildman–Crippen MR) is 229 cm³/mol. The zero-order valence-electron chi connectivity index (χ0n) is 38.7. The number of phenols is 2. The van der Waals surface area contributed by atoms with E-state index in [2.05, 4.69) is 0 Å². The lowest BCUT2D eigenvalue weighted by atomic mass is 9.75. The maximum Gasteiger partial charge on any atom is 0.202 e. The van der Waals surface area contributed by atoms with Gasteiger partial charge in [0.15, 0.2) is 30.4 Å². The number of methoxy groups -OCH3 is 1. The topological polar surface area (TPSA) is 320 Å². The SMILES string of the molecule is CO[C@H](C(=O)[C@@H](O)[C@@H](C)O)[C@@H]1Cc2cc3cc(O[C@H]4CC(O[C@H]5CC(O)[C@H](O)C(C)O5)[C@H](O)C(C)O4)c(C)c(O)c3c(O)c2C(=O)[C@H]1O[C@H]1C[C@@H](O[C@H]2C[C@](C)(O)[C@H](O)C(C)O2)[C@H](O)C(C)O1. The van der Waals surface area contributed by atoms with Crippen molar-refractivity contribution in [1.82, 2.24) is 0 Å². The van der Waals surface area contributed by atoms with Crippen LogP contribution in [0, 0.1) is 12.8 Å². The van der Waals surface area contributed by atoms with E-state index in [9.17, 15) is 60.7 Å². The van der Waals surface area contributed by atoms with Gasteiger partial charge in [0, 0.05) is 44.3 Å². The number of Topliss-reactive ketones (excluding diaryl/α,β-unsaturated/α-hetero) is 2. The molecule has 0 amide bonds. The molecule has 5 aliphatic rings. The molecular weight excluding hydrogens is 888 g/mol. The first-order valence-electron chi connectivity index (χ1n) is 22.8. The average molecular weight is 955 g/mol. The second kappa shape index (κ2) is 20.3. The van der Waals surface area contributed by atoms with Gasteiger partial charge in [-0.2, -0.15) is 0 Å². The highest BCUT2D eigenvalue weighted by Crippen LogP contribution is 2.47. The molecule has 4 fully saturated rings. The van der Waals surface area contributed by atoms with E-state index in [0.29, 0.717) is 0 Å². The van der Waals surface area contributed by atoms with Crippen molar-refractivity contribution in [2.75, 3.05) is 7.11 Å². The number of ketones is 2. The van der Waals surface area contributed by atoms with Gasteiger partial charge in [-0.25, -0.2) is 0 Å². The maximum atomic E-state index is 14.8.